The van der Waals surface area contributed by atoms with E-state index in [1.54, 1.807) is 29.4 Å². The van der Waals surface area contributed by atoms with Crippen LogP contribution < -0.4 is 4.74 Å². The summed E-state index contributed by atoms with van der Waals surface area (Å²) in [4.78, 5) is 29.7. The van der Waals surface area contributed by atoms with Crippen LogP contribution in [-0.4, -0.2) is 34.6 Å². The molecule has 2 heterocycles. The summed E-state index contributed by atoms with van der Waals surface area (Å²) in [5.74, 6) is 0.256. The van der Waals surface area contributed by atoms with E-state index in [1.165, 1.54) is 18.2 Å². The summed E-state index contributed by atoms with van der Waals surface area (Å²) in [6, 6.07) is 10.4. The molecule has 8 nitrogen and oxygen atoms in total. The van der Waals surface area contributed by atoms with Crippen molar-refractivity contribution in [2.24, 2.45) is 0 Å². The van der Waals surface area contributed by atoms with Gasteiger partial charge in [-0.1, -0.05) is 12.1 Å². The summed E-state index contributed by atoms with van der Waals surface area (Å²) in [7, 11) is 1.71. The van der Waals surface area contributed by atoms with Crippen molar-refractivity contribution in [3.63, 3.8) is 0 Å². The van der Waals surface area contributed by atoms with E-state index in [2.05, 4.69) is 4.98 Å². The number of nitro benzene ring substituents is 1. The van der Waals surface area contributed by atoms with Crippen molar-refractivity contribution in [2.75, 3.05) is 13.8 Å². The molecule has 1 unspecified atom stereocenters. The van der Waals surface area contributed by atoms with Crippen LogP contribution in [0.1, 0.15) is 29.1 Å². The zero-order valence-corrected chi connectivity index (χ0v) is 17.2. The number of aromatic nitrogens is 1. The molecule has 0 radical (unpaired) electrons. The van der Waals surface area contributed by atoms with Gasteiger partial charge in [0, 0.05) is 36.4 Å². The van der Waals surface area contributed by atoms with Crippen LogP contribution in [0.2, 0.25) is 0 Å². The Morgan fingerprint density at radius 2 is 2.17 bits per heavy atom. The fourth-order valence-corrected chi connectivity index (χ4v) is 4.23. The maximum atomic E-state index is 12.7. The van der Waals surface area contributed by atoms with Crippen LogP contribution in [-0.2, 0) is 16.1 Å². The van der Waals surface area contributed by atoms with Crippen molar-refractivity contribution in [1.82, 2.24) is 9.88 Å². The minimum atomic E-state index is -0.477. The zero-order valence-electron chi connectivity index (χ0n) is 16.4. The highest BCUT2D eigenvalue weighted by atomic mass is 32.1. The van der Waals surface area contributed by atoms with E-state index in [9.17, 15) is 14.9 Å². The van der Waals surface area contributed by atoms with Gasteiger partial charge in [-0.05, 0) is 25.1 Å². The number of carbonyl (C=O) groups is 1. The van der Waals surface area contributed by atoms with Crippen molar-refractivity contribution in [1.29, 1.82) is 0 Å². The smallest absolute Gasteiger partial charge is 0.270 e. The van der Waals surface area contributed by atoms with Crippen LogP contribution in [0.3, 0.4) is 0 Å². The monoisotopic (exact) mass is 425 g/mol. The topological polar surface area (TPSA) is 94.8 Å². The third-order valence-electron chi connectivity index (χ3n) is 4.94. The van der Waals surface area contributed by atoms with E-state index < -0.39 is 4.92 Å². The minimum Gasteiger partial charge on any atom is -0.467 e. The molecule has 154 valence electrons. The summed E-state index contributed by atoms with van der Waals surface area (Å²) < 4.78 is 11.8. The van der Waals surface area contributed by atoms with Gasteiger partial charge < -0.3 is 14.4 Å². The fraction of sp³-hybridized carbons (Fsp3) is 0.238. The van der Waals surface area contributed by atoms with Gasteiger partial charge in [0.25, 0.3) is 5.69 Å². The SMILES string of the molecule is CC(c1nc2ccccc2s1)N(C)C(=O)C=Cc1cc([N+](=O)[O-])cc2c1OCOC2. The predicted octanol–water partition coefficient (Wildman–Crippen LogP) is 4.30. The van der Waals surface area contributed by atoms with Gasteiger partial charge in [0.15, 0.2) is 6.79 Å². The lowest BCUT2D eigenvalue weighted by Crippen LogP contribution is -2.27. The summed E-state index contributed by atoms with van der Waals surface area (Å²) in [5.41, 5.74) is 1.88. The Bertz CT molecular complexity index is 1120. The quantitative estimate of drug-likeness (QED) is 0.344. The molecule has 1 amide bonds. The Kier molecular flexibility index (Phi) is 5.47. The van der Waals surface area contributed by atoms with E-state index >= 15 is 0 Å². The number of nitrogens with zero attached hydrogens (tertiary/aromatic N) is 3. The second kappa shape index (κ2) is 8.21. The maximum absolute atomic E-state index is 12.7. The Balaban J connectivity index is 1.57. The van der Waals surface area contributed by atoms with Gasteiger partial charge in [-0.15, -0.1) is 11.3 Å². The van der Waals surface area contributed by atoms with Crippen LogP contribution in [0.15, 0.2) is 42.5 Å². The van der Waals surface area contributed by atoms with E-state index in [-0.39, 0.29) is 31.0 Å². The first-order valence-electron chi connectivity index (χ1n) is 9.26. The number of non-ortho nitro benzene ring substituents is 1. The van der Waals surface area contributed by atoms with E-state index in [4.69, 9.17) is 9.47 Å². The molecule has 2 aromatic carbocycles. The first-order chi connectivity index (χ1) is 14.4. The van der Waals surface area contributed by atoms with Crippen LogP contribution in [0.4, 0.5) is 5.69 Å². The molecule has 0 aliphatic carbocycles. The lowest BCUT2D eigenvalue weighted by Gasteiger charge is -2.22. The van der Waals surface area contributed by atoms with E-state index in [1.807, 2.05) is 31.2 Å². The number of rotatable bonds is 5. The number of hydrogen-bond donors (Lipinski definition) is 0. The average molecular weight is 425 g/mol. The number of likely N-dealkylation sites (N-methyl/N-ethyl adjacent to an activating group) is 1. The van der Waals surface area contributed by atoms with Crippen LogP contribution >= 0.6 is 11.3 Å². The van der Waals surface area contributed by atoms with Gasteiger partial charge in [-0.3, -0.25) is 14.9 Å². The van der Waals surface area contributed by atoms with Crippen molar-refractivity contribution in [2.45, 2.75) is 19.6 Å². The van der Waals surface area contributed by atoms with E-state index in [0.717, 1.165) is 15.2 Å². The molecule has 1 aliphatic heterocycles. The molecule has 4 rings (SSSR count). The predicted molar refractivity (Wildman–Crippen MR) is 113 cm³/mol. The van der Waals surface area contributed by atoms with Gasteiger partial charge in [0.2, 0.25) is 5.91 Å². The first kappa shape index (κ1) is 20.0. The maximum Gasteiger partial charge on any atom is 0.270 e. The number of ether oxygens (including phenoxy) is 2. The van der Waals surface area contributed by atoms with Crippen molar-refractivity contribution >= 4 is 39.2 Å². The highest BCUT2D eigenvalue weighted by Gasteiger charge is 2.22. The highest BCUT2D eigenvalue weighted by molar-refractivity contribution is 7.18. The summed E-state index contributed by atoms with van der Waals surface area (Å²) in [6.07, 6.45) is 2.93. The standard InChI is InChI=1S/C21H19N3O5S/c1-13(21-22-17-5-3-4-6-18(17)30-21)23(2)19(25)8-7-14-9-16(24(26)27)10-15-11-28-12-29-20(14)15/h3-10,13H,11-12H2,1-2H3. The number of amides is 1. The zero-order chi connectivity index (χ0) is 21.3. The average Bonchev–Trinajstić information content (AvgIpc) is 3.20. The van der Waals surface area contributed by atoms with Crippen LogP contribution in [0.25, 0.3) is 16.3 Å². The second-order valence-corrected chi connectivity index (χ2v) is 7.93. The third kappa shape index (κ3) is 3.89. The normalized spacial score (nSPS) is 14.3. The lowest BCUT2D eigenvalue weighted by molar-refractivity contribution is -0.385. The van der Waals surface area contributed by atoms with Crippen LogP contribution in [0, 0.1) is 10.1 Å². The summed E-state index contributed by atoms with van der Waals surface area (Å²) in [6.45, 7) is 2.20. The number of hydrogen-bond acceptors (Lipinski definition) is 7. The largest absolute Gasteiger partial charge is 0.467 e. The number of fused-ring (bicyclic) bond motifs is 2. The molecular weight excluding hydrogens is 406 g/mol. The second-order valence-electron chi connectivity index (χ2n) is 6.87. The molecule has 3 aromatic rings. The first-order valence-corrected chi connectivity index (χ1v) is 10.1. The molecular formula is C21H19N3O5S. The summed E-state index contributed by atoms with van der Waals surface area (Å²) in [5, 5.41) is 12.1. The van der Waals surface area contributed by atoms with Gasteiger partial charge in [0.05, 0.1) is 27.8 Å². The Morgan fingerprint density at radius 3 is 2.93 bits per heavy atom. The molecule has 1 atom stereocenters. The molecule has 0 bridgehead atoms. The van der Waals surface area contributed by atoms with Gasteiger partial charge >= 0.3 is 0 Å². The molecule has 30 heavy (non-hydrogen) atoms. The molecule has 9 heteroatoms. The van der Waals surface area contributed by atoms with Crippen molar-refractivity contribution in [3.05, 3.63) is 68.7 Å². The molecule has 0 saturated heterocycles. The molecule has 0 N–H and O–H groups in total. The third-order valence-corrected chi connectivity index (χ3v) is 6.14. The molecule has 0 fully saturated rings. The lowest BCUT2D eigenvalue weighted by atomic mass is 10.1. The van der Waals surface area contributed by atoms with Gasteiger partial charge in [0.1, 0.15) is 10.8 Å². The highest BCUT2D eigenvalue weighted by Crippen LogP contribution is 2.34. The van der Waals surface area contributed by atoms with Gasteiger partial charge in [-0.25, -0.2) is 4.98 Å². The Hall–Kier alpha value is -3.30. The summed E-state index contributed by atoms with van der Waals surface area (Å²) >= 11 is 1.55. The number of para-hydroxylation sites is 1. The van der Waals surface area contributed by atoms with Crippen molar-refractivity contribution in [3.8, 4) is 5.75 Å². The number of nitro groups is 1. The van der Waals surface area contributed by atoms with E-state index in [0.29, 0.717) is 16.9 Å². The molecule has 1 aromatic heterocycles. The van der Waals surface area contributed by atoms with Crippen LogP contribution in [0.5, 0.6) is 5.75 Å². The fourth-order valence-electron chi connectivity index (χ4n) is 3.16. The molecule has 0 spiro atoms. The number of benzene rings is 2. The molecule has 0 saturated carbocycles. The van der Waals surface area contributed by atoms with Crippen molar-refractivity contribution < 1.29 is 19.2 Å². The molecule has 1 aliphatic rings. The number of thiazole rings is 1. The van der Waals surface area contributed by atoms with Gasteiger partial charge in [-0.2, -0.15) is 0 Å². The number of carbonyl (C=O) groups excluding carboxylic acids is 1. The minimum absolute atomic E-state index is 0.0636. The Labute approximate surface area is 176 Å². The Morgan fingerprint density at radius 1 is 1.37 bits per heavy atom.